The van der Waals surface area contributed by atoms with Gasteiger partial charge < -0.3 is 10.5 Å². The molecule has 1 rings (SSSR count). The normalized spacial score (nSPS) is 10.2. The molecule has 0 bridgehead atoms. The molecule has 1 aromatic carbocycles. The first-order valence-electron chi connectivity index (χ1n) is 4.94. The minimum absolute atomic E-state index is 0.188. The quantitative estimate of drug-likeness (QED) is 0.671. The summed E-state index contributed by atoms with van der Waals surface area (Å²) in [6, 6.07) is 5.88. The van der Waals surface area contributed by atoms with Crippen molar-refractivity contribution in [3.05, 3.63) is 28.2 Å². The Bertz CT molecular complexity index is 371. The maximum Gasteiger partial charge on any atom is 0.316 e. The molecule has 1 aromatic rings. The van der Waals surface area contributed by atoms with Crippen LogP contribution >= 0.6 is 27.7 Å². The van der Waals surface area contributed by atoms with Gasteiger partial charge in [-0.25, -0.2) is 0 Å². The van der Waals surface area contributed by atoms with E-state index in [9.17, 15) is 4.79 Å². The Morgan fingerprint density at radius 2 is 2.31 bits per heavy atom. The summed E-state index contributed by atoms with van der Waals surface area (Å²) in [6.45, 7) is 2.73. The molecule has 0 aliphatic heterocycles. The summed E-state index contributed by atoms with van der Waals surface area (Å²) in [6.07, 6.45) is 0. The number of benzene rings is 1. The molecule has 0 unspecified atom stereocenters. The SMILES string of the molecule is CCOC(=O)CSc1ccc(CN)c(Br)c1. The summed E-state index contributed by atoms with van der Waals surface area (Å²) in [5, 5.41) is 0. The van der Waals surface area contributed by atoms with Crippen molar-refractivity contribution in [2.24, 2.45) is 5.73 Å². The van der Waals surface area contributed by atoms with Gasteiger partial charge in [0.2, 0.25) is 0 Å². The van der Waals surface area contributed by atoms with E-state index in [2.05, 4.69) is 15.9 Å². The number of nitrogens with two attached hydrogens (primary N) is 1. The van der Waals surface area contributed by atoms with Crippen molar-refractivity contribution in [3.63, 3.8) is 0 Å². The molecule has 0 aromatic heterocycles. The number of rotatable bonds is 5. The molecule has 0 radical (unpaired) electrons. The molecule has 0 amide bonds. The van der Waals surface area contributed by atoms with Crippen molar-refractivity contribution in [2.75, 3.05) is 12.4 Å². The number of hydrogen-bond donors (Lipinski definition) is 1. The van der Waals surface area contributed by atoms with Gasteiger partial charge in [-0.05, 0) is 24.6 Å². The topological polar surface area (TPSA) is 52.3 Å². The first-order valence-corrected chi connectivity index (χ1v) is 6.72. The van der Waals surface area contributed by atoms with Crippen molar-refractivity contribution in [2.45, 2.75) is 18.4 Å². The van der Waals surface area contributed by atoms with E-state index in [1.165, 1.54) is 11.8 Å². The number of hydrogen-bond acceptors (Lipinski definition) is 4. The van der Waals surface area contributed by atoms with Gasteiger partial charge in [0.15, 0.2) is 0 Å². The molecule has 0 spiro atoms. The highest BCUT2D eigenvalue weighted by atomic mass is 79.9. The maximum atomic E-state index is 11.1. The lowest BCUT2D eigenvalue weighted by atomic mass is 10.2. The van der Waals surface area contributed by atoms with Crippen molar-refractivity contribution in [1.82, 2.24) is 0 Å². The molecule has 0 atom stereocenters. The lowest BCUT2D eigenvalue weighted by Crippen LogP contribution is -2.06. The number of thioether (sulfide) groups is 1. The second-order valence-electron chi connectivity index (χ2n) is 3.05. The highest BCUT2D eigenvalue weighted by Crippen LogP contribution is 2.25. The highest BCUT2D eigenvalue weighted by molar-refractivity contribution is 9.10. The second kappa shape index (κ2) is 6.93. The molecule has 0 saturated carbocycles. The molecule has 0 heterocycles. The number of halogens is 1. The fourth-order valence-electron chi connectivity index (χ4n) is 1.13. The Morgan fingerprint density at radius 3 is 2.88 bits per heavy atom. The predicted molar refractivity (Wildman–Crippen MR) is 69.4 cm³/mol. The van der Waals surface area contributed by atoms with Crippen LogP contribution < -0.4 is 5.73 Å². The van der Waals surface area contributed by atoms with Crippen molar-refractivity contribution in [1.29, 1.82) is 0 Å². The highest BCUT2D eigenvalue weighted by Gasteiger charge is 2.05. The molecule has 0 aliphatic carbocycles. The van der Waals surface area contributed by atoms with Gasteiger partial charge in [-0.15, -0.1) is 11.8 Å². The molecule has 2 N–H and O–H groups in total. The molecule has 5 heteroatoms. The van der Waals surface area contributed by atoms with Crippen LogP contribution in [0.1, 0.15) is 12.5 Å². The van der Waals surface area contributed by atoms with Crippen LogP contribution in [-0.4, -0.2) is 18.3 Å². The molecule has 88 valence electrons. The minimum Gasteiger partial charge on any atom is -0.465 e. The zero-order valence-corrected chi connectivity index (χ0v) is 11.4. The summed E-state index contributed by atoms with van der Waals surface area (Å²) in [7, 11) is 0. The molecule has 0 fully saturated rings. The van der Waals surface area contributed by atoms with Crippen LogP contribution in [0.4, 0.5) is 0 Å². The Morgan fingerprint density at radius 1 is 1.56 bits per heavy atom. The van der Waals surface area contributed by atoms with Gasteiger partial charge >= 0.3 is 5.97 Å². The molecule has 0 saturated heterocycles. The van der Waals surface area contributed by atoms with Crippen LogP contribution in [0, 0.1) is 0 Å². The average Bonchev–Trinajstić information content (AvgIpc) is 2.27. The van der Waals surface area contributed by atoms with Gasteiger partial charge in [0, 0.05) is 15.9 Å². The monoisotopic (exact) mass is 303 g/mol. The maximum absolute atomic E-state index is 11.1. The van der Waals surface area contributed by atoms with E-state index in [1.807, 2.05) is 18.2 Å². The molecular weight excluding hydrogens is 290 g/mol. The molecule has 16 heavy (non-hydrogen) atoms. The lowest BCUT2D eigenvalue weighted by molar-refractivity contribution is -0.139. The zero-order valence-electron chi connectivity index (χ0n) is 9.03. The van der Waals surface area contributed by atoms with Gasteiger partial charge in [-0.3, -0.25) is 4.79 Å². The first kappa shape index (κ1) is 13.5. The average molecular weight is 304 g/mol. The largest absolute Gasteiger partial charge is 0.465 e. The van der Waals surface area contributed by atoms with Crippen molar-refractivity contribution < 1.29 is 9.53 Å². The number of ether oxygens (including phenoxy) is 1. The van der Waals surface area contributed by atoms with Crippen LogP contribution in [0.2, 0.25) is 0 Å². The van der Waals surface area contributed by atoms with E-state index in [4.69, 9.17) is 10.5 Å². The van der Waals surface area contributed by atoms with Gasteiger partial charge in [0.1, 0.15) is 0 Å². The molecule has 3 nitrogen and oxygen atoms in total. The summed E-state index contributed by atoms with van der Waals surface area (Å²) in [5.41, 5.74) is 6.61. The molecular formula is C11H14BrNO2S. The van der Waals surface area contributed by atoms with Crippen molar-refractivity contribution in [3.8, 4) is 0 Å². The van der Waals surface area contributed by atoms with Crippen LogP contribution in [0.3, 0.4) is 0 Å². The Balaban J connectivity index is 2.55. The zero-order chi connectivity index (χ0) is 12.0. The van der Waals surface area contributed by atoms with Crippen LogP contribution in [-0.2, 0) is 16.1 Å². The molecule has 0 aliphatic rings. The number of esters is 1. The van der Waals surface area contributed by atoms with Gasteiger partial charge in [0.25, 0.3) is 0 Å². The Kier molecular flexibility index (Phi) is 5.87. The minimum atomic E-state index is -0.188. The van der Waals surface area contributed by atoms with E-state index >= 15 is 0 Å². The van der Waals surface area contributed by atoms with E-state index in [0.29, 0.717) is 18.9 Å². The van der Waals surface area contributed by atoms with E-state index in [-0.39, 0.29) is 5.97 Å². The van der Waals surface area contributed by atoms with Crippen LogP contribution in [0.25, 0.3) is 0 Å². The van der Waals surface area contributed by atoms with Gasteiger partial charge in [-0.1, -0.05) is 22.0 Å². The Hall–Kier alpha value is -0.520. The fourth-order valence-corrected chi connectivity index (χ4v) is 2.55. The number of carbonyl (C=O) groups excluding carboxylic acids is 1. The van der Waals surface area contributed by atoms with Gasteiger partial charge in [0.05, 0.1) is 12.4 Å². The third-order valence-electron chi connectivity index (χ3n) is 1.91. The second-order valence-corrected chi connectivity index (χ2v) is 4.95. The van der Waals surface area contributed by atoms with E-state index < -0.39 is 0 Å². The Labute approximate surface area is 108 Å². The summed E-state index contributed by atoms with van der Waals surface area (Å²) < 4.78 is 5.82. The fraction of sp³-hybridized carbons (Fsp3) is 0.364. The summed E-state index contributed by atoms with van der Waals surface area (Å²) >= 11 is 4.89. The van der Waals surface area contributed by atoms with E-state index in [1.54, 1.807) is 6.92 Å². The predicted octanol–water partition coefficient (Wildman–Crippen LogP) is 2.56. The summed E-state index contributed by atoms with van der Waals surface area (Å²) in [5.74, 6) is 0.147. The van der Waals surface area contributed by atoms with Gasteiger partial charge in [-0.2, -0.15) is 0 Å². The number of carbonyl (C=O) groups is 1. The standard InChI is InChI=1S/C11H14BrNO2S/c1-2-15-11(14)7-16-9-4-3-8(6-13)10(12)5-9/h3-5H,2,6-7,13H2,1H3. The third kappa shape index (κ3) is 4.15. The van der Waals surface area contributed by atoms with E-state index in [0.717, 1.165) is 14.9 Å². The third-order valence-corrected chi connectivity index (χ3v) is 3.61. The smallest absolute Gasteiger partial charge is 0.316 e. The first-order chi connectivity index (χ1) is 7.67. The van der Waals surface area contributed by atoms with Crippen LogP contribution in [0.5, 0.6) is 0 Å². The van der Waals surface area contributed by atoms with Crippen molar-refractivity contribution >= 4 is 33.7 Å². The summed E-state index contributed by atoms with van der Waals surface area (Å²) in [4.78, 5) is 12.2. The lowest BCUT2D eigenvalue weighted by Gasteiger charge is -2.05. The van der Waals surface area contributed by atoms with Crippen LogP contribution in [0.15, 0.2) is 27.6 Å².